The molecule has 0 aliphatic rings. The summed E-state index contributed by atoms with van der Waals surface area (Å²) in [6, 6.07) is 10.8. The molecule has 21 heavy (non-hydrogen) atoms. The number of carbonyl (C=O) groups excluding carboxylic acids is 2. The van der Waals surface area contributed by atoms with Gasteiger partial charge in [0, 0.05) is 36.3 Å². The van der Waals surface area contributed by atoms with Crippen LogP contribution >= 0.6 is 11.3 Å². The van der Waals surface area contributed by atoms with Gasteiger partial charge >= 0.3 is 0 Å². The fraction of sp³-hybridized carbons (Fsp3) is 0.125. The lowest BCUT2D eigenvalue weighted by atomic mass is 10.2. The summed E-state index contributed by atoms with van der Waals surface area (Å²) in [5, 5.41) is 4.70. The molecule has 0 aliphatic heterocycles. The molecule has 0 saturated carbocycles. The number of nitrogens with zero attached hydrogens (tertiary/aromatic N) is 1. The Kier molecular flexibility index (Phi) is 4.90. The number of hydrogen-bond donors (Lipinski definition) is 1. The Morgan fingerprint density at radius 2 is 2.00 bits per heavy atom. The number of hydrogen-bond acceptors (Lipinski definition) is 3. The molecule has 0 bridgehead atoms. The van der Waals surface area contributed by atoms with Crippen LogP contribution in [0.3, 0.4) is 0 Å². The largest absolute Gasteiger partial charge is 0.345 e. The standard InChI is InChI=1S/C16H16N2O2S/c1-18(2)16(20)12-5-3-6-13(11-12)17-15(19)9-8-14-7-4-10-21-14/h3-11H,1-2H3,(H,17,19)/b9-8+. The molecule has 2 amide bonds. The number of thiophene rings is 1. The number of benzene rings is 1. The van der Waals surface area contributed by atoms with Crippen molar-refractivity contribution in [2.45, 2.75) is 0 Å². The van der Waals surface area contributed by atoms with E-state index in [9.17, 15) is 9.59 Å². The highest BCUT2D eigenvalue weighted by atomic mass is 32.1. The number of carbonyl (C=O) groups is 2. The minimum Gasteiger partial charge on any atom is -0.345 e. The van der Waals surface area contributed by atoms with Crippen molar-refractivity contribution >= 4 is 34.9 Å². The third-order valence-corrected chi connectivity index (χ3v) is 3.56. The first-order valence-corrected chi connectivity index (χ1v) is 7.28. The Labute approximate surface area is 127 Å². The van der Waals surface area contributed by atoms with Gasteiger partial charge in [-0.2, -0.15) is 0 Å². The molecule has 1 aromatic carbocycles. The third-order valence-electron chi connectivity index (χ3n) is 2.73. The van der Waals surface area contributed by atoms with Crippen LogP contribution in [-0.2, 0) is 4.79 Å². The molecular weight excluding hydrogens is 284 g/mol. The highest BCUT2D eigenvalue weighted by Crippen LogP contribution is 2.13. The Morgan fingerprint density at radius 3 is 2.67 bits per heavy atom. The van der Waals surface area contributed by atoms with Crippen LogP contribution in [0, 0.1) is 0 Å². The molecule has 0 radical (unpaired) electrons. The predicted octanol–water partition coefficient (Wildman–Crippen LogP) is 3.10. The average molecular weight is 300 g/mol. The first-order valence-electron chi connectivity index (χ1n) is 6.40. The molecule has 2 aromatic rings. The summed E-state index contributed by atoms with van der Waals surface area (Å²) in [5.41, 5.74) is 1.14. The maximum Gasteiger partial charge on any atom is 0.253 e. The normalized spacial score (nSPS) is 10.6. The fourth-order valence-corrected chi connectivity index (χ4v) is 2.33. The summed E-state index contributed by atoms with van der Waals surface area (Å²) >= 11 is 1.56. The number of anilines is 1. The van der Waals surface area contributed by atoms with Crippen molar-refractivity contribution in [3.63, 3.8) is 0 Å². The smallest absolute Gasteiger partial charge is 0.253 e. The maximum atomic E-state index is 11.9. The summed E-state index contributed by atoms with van der Waals surface area (Å²) in [5.74, 6) is -0.321. The Balaban J connectivity index is 2.04. The SMILES string of the molecule is CN(C)C(=O)c1cccc(NC(=O)/C=C/c2cccs2)c1. The van der Waals surface area contributed by atoms with Gasteiger partial charge in [0.2, 0.25) is 5.91 Å². The molecule has 108 valence electrons. The molecule has 0 saturated heterocycles. The van der Waals surface area contributed by atoms with Crippen LogP contribution < -0.4 is 5.32 Å². The summed E-state index contributed by atoms with van der Waals surface area (Å²) < 4.78 is 0. The molecule has 1 heterocycles. The molecule has 5 heteroatoms. The second kappa shape index (κ2) is 6.85. The van der Waals surface area contributed by atoms with E-state index in [0.717, 1.165) is 4.88 Å². The van der Waals surface area contributed by atoms with Gasteiger partial charge in [0.15, 0.2) is 0 Å². The minimum atomic E-state index is -0.224. The van der Waals surface area contributed by atoms with Crippen LogP contribution in [0.1, 0.15) is 15.2 Å². The average Bonchev–Trinajstić information content (AvgIpc) is 2.98. The van der Waals surface area contributed by atoms with Crippen molar-refractivity contribution in [2.75, 3.05) is 19.4 Å². The first-order chi connectivity index (χ1) is 10.1. The van der Waals surface area contributed by atoms with Gasteiger partial charge in [0.1, 0.15) is 0 Å². The van der Waals surface area contributed by atoms with Crippen LogP contribution in [0.5, 0.6) is 0 Å². The number of nitrogens with one attached hydrogen (secondary N) is 1. The Hall–Kier alpha value is -2.40. The lowest BCUT2D eigenvalue weighted by molar-refractivity contribution is -0.111. The lowest BCUT2D eigenvalue weighted by Crippen LogP contribution is -2.21. The molecular formula is C16H16N2O2S. The monoisotopic (exact) mass is 300 g/mol. The van der Waals surface area contributed by atoms with Gasteiger partial charge in [-0.3, -0.25) is 9.59 Å². The molecule has 1 aromatic heterocycles. The van der Waals surface area contributed by atoms with Gasteiger partial charge < -0.3 is 10.2 Å². The lowest BCUT2D eigenvalue weighted by Gasteiger charge is -2.11. The summed E-state index contributed by atoms with van der Waals surface area (Å²) in [4.78, 5) is 26.2. The van der Waals surface area contributed by atoms with Crippen molar-refractivity contribution in [1.29, 1.82) is 0 Å². The summed E-state index contributed by atoms with van der Waals surface area (Å²) in [6.45, 7) is 0. The van der Waals surface area contributed by atoms with Crippen molar-refractivity contribution < 1.29 is 9.59 Å². The van der Waals surface area contributed by atoms with E-state index in [4.69, 9.17) is 0 Å². The zero-order valence-corrected chi connectivity index (χ0v) is 12.7. The number of rotatable bonds is 4. The van der Waals surface area contributed by atoms with Crippen molar-refractivity contribution in [3.8, 4) is 0 Å². The van der Waals surface area contributed by atoms with Gasteiger partial charge in [-0.15, -0.1) is 11.3 Å². The van der Waals surface area contributed by atoms with Gasteiger partial charge in [-0.25, -0.2) is 0 Å². The van der Waals surface area contributed by atoms with Gasteiger partial charge in [0.25, 0.3) is 5.91 Å². The highest BCUT2D eigenvalue weighted by molar-refractivity contribution is 7.10. The zero-order chi connectivity index (χ0) is 15.2. The maximum absolute atomic E-state index is 11.9. The van der Waals surface area contributed by atoms with Crippen LogP contribution in [0.25, 0.3) is 6.08 Å². The second-order valence-corrected chi connectivity index (χ2v) is 5.60. The summed E-state index contributed by atoms with van der Waals surface area (Å²) in [6.07, 6.45) is 3.24. The van der Waals surface area contributed by atoms with E-state index in [1.54, 1.807) is 55.8 Å². The molecule has 0 spiro atoms. The van der Waals surface area contributed by atoms with Crippen LogP contribution in [0.15, 0.2) is 47.9 Å². The quantitative estimate of drug-likeness (QED) is 0.882. The van der Waals surface area contributed by atoms with Crippen molar-refractivity contribution in [1.82, 2.24) is 4.90 Å². The van der Waals surface area contributed by atoms with E-state index in [2.05, 4.69) is 5.32 Å². The first kappa shape index (κ1) is 15.0. The van der Waals surface area contributed by atoms with Crippen LogP contribution in [0.2, 0.25) is 0 Å². The van der Waals surface area contributed by atoms with Crippen LogP contribution in [-0.4, -0.2) is 30.8 Å². The zero-order valence-electron chi connectivity index (χ0n) is 11.9. The van der Waals surface area contributed by atoms with E-state index in [0.29, 0.717) is 11.3 Å². The topological polar surface area (TPSA) is 49.4 Å². The van der Waals surface area contributed by atoms with Crippen molar-refractivity contribution in [3.05, 3.63) is 58.3 Å². The summed E-state index contributed by atoms with van der Waals surface area (Å²) in [7, 11) is 3.38. The third kappa shape index (κ3) is 4.29. The second-order valence-electron chi connectivity index (χ2n) is 4.62. The van der Waals surface area contributed by atoms with Crippen molar-refractivity contribution in [2.24, 2.45) is 0 Å². The molecule has 1 N–H and O–H groups in total. The fourth-order valence-electron chi connectivity index (χ4n) is 1.72. The molecule has 0 fully saturated rings. The molecule has 4 nitrogen and oxygen atoms in total. The molecule has 2 rings (SSSR count). The highest BCUT2D eigenvalue weighted by Gasteiger charge is 2.08. The predicted molar refractivity (Wildman–Crippen MR) is 86.4 cm³/mol. The minimum absolute atomic E-state index is 0.0970. The molecule has 0 atom stereocenters. The van der Waals surface area contributed by atoms with Gasteiger partial charge in [-0.1, -0.05) is 12.1 Å². The number of amides is 2. The van der Waals surface area contributed by atoms with E-state index < -0.39 is 0 Å². The Morgan fingerprint density at radius 1 is 1.19 bits per heavy atom. The van der Waals surface area contributed by atoms with Gasteiger partial charge in [-0.05, 0) is 35.7 Å². The Bertz CT molecular complexity index is 661. The van der Waals surface area contributed by atoms with E-state index in [1.807, 2.05) is 17.5 Å². The van der Waals surface area contributed by atoms with Gasteiger partial charge in [0.05, 0.1) is 0 Å². The molecule has 0 unspecified atom stereocenters. The van der Waals surface area contributed by atoms with Crippen LogP contribution in [0.4, 0.5) is 5.69 Å². The van der Waals surface area contributed by atoms with E-state index in [1.165, 1.54) is 11.0 Å². The van der Waals surface area contributed by atoms with E-state index in [-0.39, 0.29) is 11.8 Å². The van der Waals surface area contributed by atoms with E-state index >= 15 is 0 Å². The molecule has 0 aliphatic carbocycles.